The van der Waals surface area contributed by atoms with Crippen molar-refractivity contribution in [3.8, 4) is 5.75 Å². The molecule has 4 nitrogen and oxygen atoms in total. The first-order valence-electron chi connectivity index (χ1n) is 11.0. The fourth-order valence-electron chi connectivity index (χ4n) is 4.04. The Morgan fingerprint density at radius 1 is 0.857 bits per heavy atom. The molecule has 0 bridgehead atoms. The summed E-state index contributed by atoms with van der Waals surface area (Å²) in [6.07, 6.45) is 10.3. The van der Waals surface area contributed by atoms with Gasteiger partial charge in [0.2, 0.25) is 0 Å². The molecule has 0 aliphatic heterocycles. The van der Waals surface area contributed by atoms with Gasteiger partial charge in [-0.15, -0.1) is 0 Å². The number of carbonyl (C=O) groups is 2. The van der Waals surface area contributed by atoms with E-state index in [4.69, 9.17) is 9.47 Å². The van der Waals surface area contributed by atoms with Crippen LogP contribution in [0.3, 0.4) is 0 Å². The molecule has 1 saturated carbocycles. The molecule has 0 saturated heterocycles. The van der Waals surface area contributed by atoms with E-state index in [9.17, 15) is 9.59 Å². The molecule has 0 N–H and O–H groups in total. The average molecular weight is 389 g/mol. The van der Waals surface area contributed by atoms with Crippen LogP contribution in [0.1, 0.15) is 82.3 Å². The third-order valence-corrected chi connectivity index (χ3v) is 5.53. The molecule has 2 unspecified atom stereocenters. The molecule has 2 rings (SSSR count). The van der Waals surface area contributed by atoms with Crippen molar-refractivity contribution in [1.29, 1.82) is 0 Å². The van der Waals surface area contributed by atoms with Crippen LogP contribution >= 0.6 is 0 Å². The summed E-state index contributed by atoms with van der Waals surface area (Å²) in [6.45, 7) is 6.62. The van der Waals surface area contributed by atoms with E-state index in [1.807, 2.05) is 32.0 Å². The highest BCUT2D eigenvalue weighted by molar-refractivity contribution is 5.83. The van der Waals surface area contributed by atoms with Crippen LogP contribution in [-0.4, -0.2) is 18.5 Å². The molecule has 0 aromatic heterocycles. The van der Waals surface area contributed by atoms with Crippen molar-refractivity contribution in [3.05, 3.63) is 29.3 Å². The summed E-state index contributed by atoms with van der Waals surface area (Å²) in [5.41, 5.74) is 2.11. The van der Waals surface area contributed by atoms with Crippen molar-refractivity contribution >= 4 is 11.9 Å². The van der Waals surface area contributed by atoms with Gasteiger partial charge in [-0.05, 0) is 56.4 Å². The second kappa shape index (κ2) is 11.9. The Morgan fingerprint density at radius 2 is 1.43 bits per heavy atom. The van der Waals surface area contributed by atoms with E-state index in [-0.39, 0.29) is 17.9 Å². The highest BCUT2D eigenvalue weighted by Crippen LogP contribution is 2.32. The number of ether oxygens (including phenoxy) is 2. The van der Waals surface area contributed by atoms with Crippen molar-refractivity contribution in [3.63, 3.8) is 0 Å². The van der Waals surface area contributed by atoms with Crippen LogP contribution in [-0.2, 0) is 14.3 Å². The molecule has 1 aromatic carbocycles. The minimum Gasteiger partial charge on any atom is -0.465 e. The van der Waals surface area contributed by atoms with Gasteiger partial charge in [0.1, 0.15) is 5.75 Å². The van der Waals surface area contributed by atoms with Crippen LogP contribution in [0.25, 0.3) is 0 Å². The maximum Gasteiger partial charge on any atom is 0.315 e. The molecule has 1 aromatic rings. The van der Waals surface area contributed by atoms with E-state index in [0.717, 1.165) is 36.8 Å². The molecule has 28 heavy (non-hydrogen) atoms. The molecule has 1 aliphatic carbocycles. The van der Waals surface area contributed by atoms with Crippen LogP contribution in [0.2, 0.25) is 0 Å². The minimum atomic E-state index is -0.397. The van der Waals surface area contributed by atoms with Gasteiger partial charge in [-0.2, -0.15) is 0 Å². The lowest BCUT2D eigenvalue weighted by molar-refractivity contribution is -0.158. The van der Waals surface area contributed by atoms with E-state index in [1.165, 1.54) is 25.7 Å². The molecular weight excluding hydrogens is 352 g/mol. The summed E-state index contributed by atoms with van der Waals surface area (Å²) in [7, 11) is 0. The Kier molecular flexibility index (Phi) is 9.52. The van der Waals surface area contributed by atoms with E-state index in [0.29, 0.717) is 25.2 Å². The number of aryl methyl sites for hydroxylation is 2. The van der Waals surface area contributed by atoms with Crippen LogP contribution in [0.5, 0.6) is 5.75 Å². The first-order valence-corrected chi connectivity index (χ1v) is 11.0. The zero-order chi connectivity index (χ0) is 20.4. The quantitative estimate of drug-likeness (QED) is 0.284. The molecule has 0 radical (unpaired) electrons. The predicted octanol–water partition coefficient (Wildman–Crippen LogP) is 5.92. The summed E-state index contributed by atoms with van der Waals surface area (Å²) in [6, 6.07) is 5.76. The van der Waals surface area contributed by atoms with Gasteiger partial charge < -0.3 is 9.47 Å². The summed E-state index contributed by atoms with van der Waals surface area (Å²) in [5.74, 6) is -0.729. The predicted molar refractivity (Wildman–Crippen MR) is 111 cm³/mol. The van der Waals surface area contributed by atoms with Gasteiger partial charge in [0.15, 0.2) is 0 Å². The molecule has 1 fully saturated rings. The number of benzene rings is 1. The number of esters is 2. The van der Waals surface area contributed by atoms with Crippen LogP contribution in [0.15, 0.2) is 18.2 Å². The summed E-state index contributed by atoms with van der Waals surface area (Å²) in [5, 5.41) is 0. The van der Waals surface area contributed by atoms with Gasteiger partial charge >= 0.3 is 11.9 Å². The maximum absolute atomic E-state index is 12.8. The molecular formula is C24H36O4. The molecule has 1 aliphatic rings. The third-order valence-electron chi connectivity index (χ3n) is 5.53. The van der Waals surface area contributed by atoms with Crippen molar-refractivity contribution in [2.24, 2.45) is 11.8 Å². The van der Waals surface area contributed by atoms with E-state index < -0.39 is 5.92 Å². The summed E-state index contributed by atoms with van der Waals surface area (Å²) in [4.78, 5) is 25.3. The molecule has 156 valence electrons. The zero-order valence-electron chi connectivity index (χ0n) is 17.8. The largest absolute Gasteiger partial charge is 0.465 e. The molecule has 0 heterocycles. The minimum absolute atomic E-state index is 0.226. The van der Waals surface area contributed by atoms with Crippen molar-refractivity contribution < 1.29 is 19.1 Å². The van der Waals surface area contributed by atoms with Gasteiger partial charge in [-0.25, -0.2) is 0 Å². The second-order valence-corrected chi connectivity index (χ2v) is 8.18. The van der Waals surface area contributed by atoms with Gasteiger partial charge in [0.25, 0.3) is 0 Å². The SMILES string of the molecule is CCCCCCCCOC(=O)C1CCCCC1C(=O)Oc1cc(C)cc(C)c1. The fourth-order valence-corrected chi connectivity index (χ4v) is 4.04. The van der Waals surface area contributed by atoms with Gasteiger partial charge in [0.05, 0.1) is 18.4 Å². The number of rotatable bonds is 10. The van der Waals surface area contributed by atoms with E-state index in [2.05, 4.69) is 6.92 Å². The first kappa shape index (κ1) is 22.4. The Bertz CT molecular complexity index is 617. The van der Waals surface area contributed by atoms with Gasteiger partial charge in [0, 0.05) is 0 Å². The second-order valence-electron chi connectivity index (χ2n) is 8.18. The lowest BCUT2D eigenvalue weighted by Gasteiger charge is -2.28. The topological polar surface area (TPSA) is 52.6 Å². The lowest BCUT2D eigenvalue weighted by Crippen LogP contribution is -2.36. The van der Waals surface area contributed by atoms with Crippen LogP contribution in [0.4, 0.5) is 0 Å². The van der Waals surface area contributed by atoms with Gasteiger partial charge in [-0.1, -0.05) is 57.9 Å². The molecule has 0 spiro atoms. The normalized spacial score (nSPS) is 19.2. The standard InChI is InChI=1S/C24H36O4/c1-4-5-6-7-8-11-14-27-23(25)21-12-9-10-13-22(21)24(26)28-20-16-18(2)15-19(3)17-20/h15-17,21-22H,4-14H2,1-3H3. The number of hydrogen-bond acceptors (Lipinski definition) is 4. The smallest absolute Gasteiger partial charge is 0.315 e. The number of carbonyl (C=O) groups excluding carboxylic acids is 2. The monoisotopic (exact) mass is 388 g/mol. The Morgan fingerprint density at radius 3 is 2.07 bits per heavy atom. The maximum atomic E-state index is 12.8. The average Bonchev–Trinajstić information content (AvgIpc) is 2.66. The van der Waals surface area contributed by atoms with Crippen molar-refractivity contribution in [1.82, 2.24) is 0 Å². The molecule has 2 atom stereocenters. The lowest BCUT2D eigenvalue weighted by atomic mass is 9.79. The van der Waals surface area contributed by atoms with E-state index in [1.54, 1.807) is 0 Å². The van der Waals surface area contributed by atoms with Crippen molar-refractivity contribution in [2.45, 2.75) is 85.0 Å². The van der Waals surface area contributed by atoms with Crippen LogP contribution < -0.4 is 4.74 Å². The highest BCUT2D eigenvalue weighted by atomic mass is 16.5. The van der Waals surface area contributed by atoms with Crippen molar-refractivity contribution in [2.75, 3.05) is 6.61 Å². The third kappa shape index (κ3) is 7.29. The van der Waals surface area contributed by atoms with Crippen LogP contribution in [0, 0.1) is 25.7 Å². The summed E-state index contributed by atoms with van der Waals surface area (Å²) < 4.78 is 11.1. The Balaban J connectivity index is 1.84. The Hall–Kier alpha value is -1.84. The molecule has 4 heteroatoms. The molecule has 0 amide bonds. The number of unbranched alkanes of at least 4 members (excludes halogenated alkanes) is 5. The Labute approximate surface area is 170 Å². The van der Waals surface area contributed by atoms with E-state index >= 15 is 0 Å². The van der Waals surface area contributed by atoms with Gasteiger partial charge in [-0.3, -0.25) is 9.59 Å². The zero-order valence-corrected chi connectivity index (χ0v) is 17.8. The first-order chi connectivity index (χ1) is 13.5. The highest BCUT2D eigenvalue weighted by Gasteiger charge is 2.38. The summed E-state index contributed by atoms with van der Waals surface area (Å²) >= 11 is 0. The number of hydrogen-bond donors (Lipinski definition) is 0. The fraction of sp³-hybridized carbons (Fsp3) is 0.667.